The fraction of sp³-hybridized carbons (Fsp3) is 0.200. The lowest BCUT2D eigenvalue weighted by Gasteiger charge is -2.07. The van der Waals surface area contributed by atoms with Crippen molar-refractivity contribution in [2.45, 2.75) is 13.0 Å². The van der Waals surface area contributed by atoms with Gasteiger partial charge in [-0.2, -0.15) is 5.10 Å². The molecule has 0 radical (unpaired) electrons. The molecule has 2 aromatic heterocycles. The topological polar surface area (TPSA) is 61.7 Å². The molecule has 0 spiro atoms. The van der Waals surface area contributed by atoms with Gasteiger partial charge in [-0.25, -0.2) is 4.98 Å². The fourth-order valence-electron chi connectivity index (χ4n) is 2.28. The first-order valence-corrected chi connectivity index (χ1v) is 6.57. The van der Waals surface area contributed by atoms with Crippen LogP contribution in [0.3, 0.4) is 0 Å². The molecule has 5 nitrogen and oxygen atoms in total. The smallest absolute Gasteiger partial charge is 0.139 e. The number of aromatic nitrogens is 4. The van der Waals surface area contributed by atoms with E-state index in [4.69, 9.17) is 5.73 Å². The summed E-state index contributed by atoms with van der Waals surface area (Å²) in [5, 5.41) is 4.18. The van der Waals surface area contributed by atoms with Gasteiger partial charge in [-0.1, -0.05) is 12.1 Å². The van der Waals surface area contributed by atoms with Crippen molar-refractivity contribution < 1.29 is 0 Å². The zero-order valence-electron chi connectivity index (χ0n) is 11.4. The molecule has 0 amide bonds. The number of hydrogen-bond donors (Lipinski definition) is 1. The maximum Gasteiger partial charge on any atom is 0.139 e. The van der Waals surface area contributed by atoms with Crippen molar-refractivity contribution >= 4 is 5.69 Å². The Morgan fingerprint density at radius 1 is 1.30 bits per heavy atom. The number of benzene rings is 1. The van der Waals surface area contributed by atoms with Crippen LogP contribution in [-0.4, -0.2) is 19.3 Å². The first-order chi connectivity index (χ1) is 9.72. The van der Waals surface area contributed by atoms with Crippen LogP contribution in [0.25, 0.3) is 11.4 Å². The van der Waals surface area contributed by atoms with E-state index in [9.17, 15) is 0 Å². The molecule has 0 saturated heterocycles. The van der Waals surface area contributed by atoms with Crippen LogP contribution in [0, 0.1) is 0 Å². The summed E-state index contributed by atoms with van der Waals surface area (Å²) >= 11 is 0. The molecule has 102 valence electrons. The Hall–Kier alpha value is -2.56. The third-order valence-electron chi connectivity index (χ3n) is 3.26. The predicted octanol–water partition coefficient (Wildman–Crippen LogP) is 2.11. The van der Waals surface area contributed by atoms with Gasteiger partial charge < -0.3 is 10.3 Å². The lowest BCUT2D eigenvalue weighted by Crippen LogP contribution is -2.02. The van der Waals surface area contributed by atoms with Gasteiger partial charge in [-0.15, -0.1) is 0 Å². The summed E-state index contributed by atoms with van der Waals surface area (Å²) < 4.78 is 3.96. The first kappa shape index (κ1) is 12.5. The normalized spacial score (nSPS) is 10.8. The van der Waals surface area contributed by atoms with Crippen molar-refractivity contribution in [1.82, 2.24) is 19.3 Å². The molecule has 0 unspecified atom stereocenters. The van der Waals surface area contributed by atoms with Crippen LogP contribution in [0.4, 0.5) is 5.69 Å². The fourth-order valence-corrected chi connectivity index (χ4v) is 2.28. The van der Waals surface area contributed by atoms with Gasteiger partial charge in [-0.3, -0.25) is 4.68 Å². The second kappa shape index (κ2) is 5.21. The van der Waals surface area contributed by atoms with Gasteiger partial charge >= 0.3 is 0 Å². The standard InChI is InChI=1S/C15H17N5/c1-19-11-12(10-18-19)5-7-20-8-6-17-15(20)13-3-2-4-14(16)9-13/h2-4,6,8-11H,5,7,16H2,1H3. The van der Waals surface area contributed by atoms with Crippen molar-refractivity contribution in [3.05, 3.63) is 54.6 Å². The molecular formula is C15H17N5. The molecule has 2 N–H and O–H groups in total. The largest absolute Gasteiger partial charge is 0.399 e. The maximum absolute atomic E-state index is 5.83. The van der Waals surface area contributed by atoms with E-state index in [2.05, 4.69) is 14.6 Å². The molecule has 0 aliphatic rings. The van der Waals surface area contributed by atoms with Crippen LogP contribution in [0.2, 0.25) is 0 Å². The third-order valence-corrected chi connectivity index (χ3v) is 3.26. The highest BCUT2D eigenvalue weighted by atomic mass is 15.2. The first-order valence-electron chi connectivity index (χ1n) is 6.57. The third kappa shape index (κ3) is 2.56. The molecule has 3 rings (SSSR count). The highest BCUT2D eigenvalue weighted by Gasteiger charge is 2.06. The second-order valence-corrected chi connectivity index (χ2v) is 4.84. The molecule has 20 heavy (non-hydrogen) atoms. The van der Waals surface area contributed by atoms with Crippen molar-refractivity contribution in [3.63, 3.8) is 0 Å². The number of nitrogens with zero attached hydrogens (tertiary/aromatic N) is 4. The minimum absolute atomic E-state index is 0.754. The predicted molar refractivity (Wildman–Crippen MR) is 79.0 cm³/mol. The van der Waals surface area contributed by atoms with Gasteiger partial charge in [0.2, 0.25) is 0 Å². The van der Waals surface area contributed by atoms with Crippen LogP contribution in [0.1, 0.15) is 5.56 Å². The monoisotopic (exact) mass is 267 g/mol. The second-order valence-electron chi connectivity index (χ2n) is 4.84. The zero-order valence-corrected chi connectivity index (χ0v) is 11.4. The lowest BCUT2D eigenvalue weighted by molar-refractivity contribution is 0.702. The molecule has 0 bridgehead atoms. The highest BCUT2D eigenvalue weighted by Crippen LogP contribution is 2.20. The average molecular weight is 267 g/mol. The number of imidazole rings is 1. The van der Waals surface area contributed by atoms with Gasteiger partial charge in [-0.05, 0) is 24.1 Å². The maximum atomic E-state index is 5.83. The van der Waals surface area contributed by atoms with E-state index >= 15 is 0 Å². The molecule has 2 heterocycles. The minimum atomic E-state index is 0.754. The van der Waals surface area contributed by atoms with Crippen molar-refractivity contribution in [1.29, 1.82) is 0 Å². The summed E-state index contributed by atoms with van der Waals surface area (Å²) in [4.78, 5) is 4.43. The minimum Gasteiger partial charge on any atom is -0.399 e. The Kier molecular flexibility index (Phi) is 3.25. The number of aryl methyl sites for hydroxylation is 3. The molecule has 1 aromatic carbocycles. The van der Waals surface area contributed by atoms with Crippen molar-refractivity contribution in [2.24, 2.45) is 7.05 Å². The number of nitrogen functional groups attached to an aromatic ring is 1. The van der Waals surface area contributed by atoms with E-state index in [0.717, 1.165) is 30.0 Å². The van der Waals surface area contributed by atoms with Gasteiger partial charge in [0, 0.05) is 43.4 Å². The molecular weight excluding hydrogens is 250 g/mol. The molecule has 0 atom stereocenters. The number of rotatable bonds is 4. The summed E-state index contributed by atoms with van der Waals surface area (Å²) in [6.07, 6.45) is 8.68. The van der Waals surface area contributed by atoms with E-state index in [1.54, 1.807) is 0 Å². The molecule has 0 aliphatic carbocycles. The molecule has 0 saturated carbocycles. The number of nitrogens with two attached hydrogens (primary N) is 1. The molecule has 5 heteroatoms. The number of anilines is 1. The van der Waals surface area contributed by atoms with Crippen molar-refractivity contribution in [2.75, 3.05) is 5.73 Å². The van der Waals surface area contributed by atoms with Gasteiger partial charge in [0.15, 0.2) is 0 Å². The van der Waals surface area contributed by atoms with Crippen LogP contribution in [0.15, 0.2) is 49.1 Å². The molecule has 0 aliphatic heterocycles. The van der Waals surface area contributed by atoms with Crippen LogP contribution in [0.5, 0.6) is 0 Å². The Balaban J connectivity index is 1.80. The Bertz CT molecular complexity index is 710. The lowest BCUT2D eigenvalue weighted by atomic mass is 10.2. The van der Waals surface area contributed by atoms with Gasteiger partial charge in [0.25, 0.3) is 0 Å². The summed E-state index contributed by atoms with van der Waals surface area (Å²) in [6, 6.07) is 7.80. The van der Waals surface area contributed by atoms with E-state index in [-0.39, 0.29) is 0 Å². The van der Waals surface area contributed by atoms with E-state index in [1.807, 2.05) is 60.8 Å². The van der Waals surface area contributed by atoms with Gasteiger partial charge in [0.05, 0.1) is 6.20 Å². The zero-order chi connectivity index (χ0) is 13.9. The molecule has 0 fully saturated rings. The Morgan fingerprint density at radius 2 is 2.20 bits per heavy atom. The SMILES string of the molecule is Cn1cc(CCn2ccnc2-c2cccc(N)c2)cn1. The number of hydrogen-bond acceptors (Lipinski definition) is 3. The van der Waals surface area contributed by atoms with Crippen molar-refractivity contribution in [3.8, 4) is 11.4 Å². The summed E-state index contributed by atoms with van der Waals surface area (Å²) in [7, 11) is 1.93. The average Bonchev–Trinajstić information content (AvgIpc) is 3.05. The Morgan fingerprint density at radius 3 is 2.95 bits per heavy atom. The van der Waals surface area contributed by atoms with E-state index in [1.165, 1.54) is 5.56 Å². The summed E-state index contributed by atoms with van der Waals surface area (Å²) in [6.45, 7) is 0.871. The summed E-state index contributed by atoms with van der Waals surface area (Å²) in [5.41, 5.74) is 8.85. The molecule has 3 aromatic rings. The van der Waals surface area contributed by atoms with Crippen LogP contribution >= 0.6 is 0 Å². The van der Waals surface area contributed by atoms with Crippen LogP contribution < -0.4 is 5.73 Å². The van der Waals surface area contributed by atoms with E-state index in [0.29, 0.717) is 0 Å². The summed E-state index contributed by atoms with van der Waals surface area (Å²) in [5.74, 6) is 0.946. The quantitative estimate of drug-likeness (QED) is 0.736. The van der Waals surface area contributed by atoms with Crippen LogP contribution in [-0.2, 0) is 20.0 Å². The highest BCUT2D eigenvalue weighted by molar-refractivity contribution is 5.61. The van der Waals surface area contributed by atoms with E-state index < -0.39 is 0 Å². The van der Waals surface area contributed by atoms with Gasteiger partial charge in [0.1, 0.15) is 5.82 Å². The Labute approximate surface area is 117 Å².